The number of aromatic amines is 1. The first-order valence-electron chi connectivity index (χ1n) is 8.08. The van der Waals surface area contributed by atoms with Gasteiger partial charge in [-0.1, -0.05) is 6.07 Å². The van der Waals surface area contributed by atoms with Gasteiger partial charge in [0.1, 0.15) is 5.69 Å². The second-order valence-electron chi connectivity index (χ2n) is 6.32. The largest absolute Gasteiger partial charge is 0.321 e. The third-order valence-corrected chi connectivity index (χ3v) is 5.39. The van der Waals surface area contributed by atoms with Gasteiger partial charge in [-0.15, -0.1) is 0 Å². The zero-order valence-corrected chi connectivity index (χ0v) is 16.2. The van der Waals surface area contributed by atoms with Crippen LogP contribution >= 0.6 is 0 Å². The molecule has 3 rings (SSSR count). The standard InChI is InChI=1S/C17H20N6O3S/c1-9-5-6-12(7-15(9)27(18,25)26)19-17(24)14-8-13(20-21-14)16-10(2)22-23(4)11(16)3/h5-8H,1-4H3,(H,19,24)(H,20,21)(H2,18,25,26). The molecule has 0 bridgehead atoms. The minimum absolute atomic E-state index is 0.0350. The Labute approximate surface area is 156 Å². The molecule has 27 heavy (non-hydrogen) atoms. The summed E-state index contributed by atoms with van der Waals surface area (Å²) in [6, 6.07) is 6.14. The van der Waals surface area contributed by atoms with Crippen molar-refractivity contribution < 1.29 is 13.2 Å². The van der Waals surface area contributed by atoms with E-state index < -0.39 is 15.9 Å². The zero-order chi connectivity index (χ0) is 19.9. The fraction of sp³-hybridized carbons (Fsp3) is 0.235. The summed E-state index contributed by atoms with van der Waals surface area (Å²) in [7, 11) is -2.04. The maximum Gasteiger partial charge on any atom is 0.273 e. The SMILES string of the molecule is Cc1ccc(NC(=O)c2cc(-c3c(C)nn(C)c3C)n[nH]2)cc1S(N)(=O)=O. The van der Waals surface area contributed by atoms with Crippen molar-refractivity contribution in [3.8, 4) is 11.3 Å². The summed E-state index contributed by atoms with van der Waals surface area (Å²) in [5.41, 5.74) is 4.27. The number of sulfonamides is 1. The van der Waals surface area contributed by atoms with E-state index in [-0.39, 0.29) is 10.6 Å². The molecule has 2 aromatic heterocycles. The first-order valence-corrected chi connectivity index (χ1v) is 9.63. The fourth-order valence-corrected chi connectivity index (χ4v) is 3.70. The predicted molar refractivity (Wildman–Crippen MR) is 101 cm³/mol. The molecule has 0 aliphatic carbocycles. The minimum atomic E-state index is -3.88. The molecule has 2 heterocycles. The topological polar surface area (TPSA) is 136 Å². The Balaban J connectivity index is 1.87. The molecular weight excluding hydrogens is 368 g/mol. The molecule has 0 atom stereocenters. The summed E-state index contributed by atoms with van der Waals surface area (Å²) < 4.78 is 25.0. The van der Waals surface area contributed by atoms with Crippen molar-refractivity contribution in [3.63, 3.8) is 0 Å². The van der Waals surface area contributed by atoms with Gasteiger partial charge in [0.25, 0.3) is 5.91 Å². The molecule has 10 heteroatoms. The molecular formula is C17H20N6O3S. The minimum Gasteiger partial charge on any atom is -0.321 e. The highest BCUT2D eigenvalue weighted by Gasteiger charge is 2.18. The van der Waals surface area contributed by atoms with E-state index in [1.54, 1.807) is 29.8 Å². The maximum atomic E-state index is 12.5. The number of nitrogens with two attached hydrogens (primary N) is 1. The van der Waals surface area contributed by atoms with Crippen LogP contribution in [0.15, 0.2) is 29.2 Å². The summed E-state index contributed by atoms with van der Waals surface area (Å²) in [5, 5.41) is 19.1. The Morgan fingerprint density at radius 1 is 1.22 bits per heavy atom. The summed E-state index contributed by atoms with van der Waals surface area (Å²) in [5.74, 6) is -0.447. The number of primary sulfonamides is 1. The van der Waals surface area contributed by atoms with Gasteiger partial charge in [0.15, 0.2) is 0 Å². The Hall–Kier alpha value is -2.98. The first kappa shape index (κ1) is 18.8. The van der Waals surface area contributed by atoms with Crippen LogP contribution in [0.25, 0.3) is 11.3 Å². The lowest BCUT2D eigenvalue weighted by Gasteiger charge is -2.08. The molecule has 0 spiro atoms. The average Bonchev–Trinajstić information content (AvgIpc) is 3.13. The fourth-order valence-electron chi connectivity index (χ4n) is 2.89. The van der Waals surface area contributed by atoms with Crippen molar-refractivity contribution >= 4 is 21.6 Å². The average molecular weight is 388 g/mol. The molecule has 3 aromatic rings. The lowest BCUT2D eigenvalue weighted by atomic mass is 10.1. The number of nitrogens with one attached hydrogen (secondary N) is 2. The van der Waals surface area contributed by atoms with Crippen molar-refractivity contribution in [3.05, 3.63) is 46.9 Å². The molecule has 1 amide bonds. The number of H-pyrrole nitrogens is 1. The number of nitrogens with zero attached hydrogens (tertiary/aromatic N) is 3. The van der Waals surface area contributed by atoms with Crippen molar-refractivity contribution in [2.24, 2.45) is 12.2 Å². The molecule has 4 N–H and O–H groups in total. The van der Waals surface area contributed by atoms with E-state index >= 15 is 0 Å². The van der Waals surface area contributed by atoms with E-state index in [0.29, 0.717) is 16.9 Å². The van der Waals surface area contributed by atoms with Crippen molar-refractivity contribution in [1.29, 1.82) is 0 Å². The van der Waals surface area contributed by atoms with Gasteiger partial charge < -0.3 is 5.32 Å². The molecule has 0 unspecified atom stereocenters. The third kappa shape index (κ3) is 3.62. The number of hydrogen-bond acceptors (Lipinski definition) is 5. The number of carbonyl (C=O) groups is 1. The van der Waals surface area contributed by atoms with Gasteiger partial charge in [0.2, 0.25) is 10.0 Å². The van der Waals surface area contributed by atoms with Gasteiger partial charge in [-0.2, -0.15) is 10.2 Å². The summed E-state index contributed by atoms with van der Waals surface area (Å²) in [4.78, 5) is 12.5. The monoisotopic (exact) mass is 388 g/mol. The number of amides is 1. The highest BCUT2D eigenvalue weighted by molar-refractivity contribution is 7.89. The van der Waals surface area contributed by atoms with E-state index in [1.807, 2.05) is 20.9 Å². The number of aromatic nitrogens is 4. The van der Waals surface area contributed by atoms with Crippen molar-refractivity contribution in [2.75, 3.05) is 5.32 Å². The van der Waals surface area contributed by atoms with E-state index in [2.05, 4.69) is 20.6 Å². The molecule has 0 aliphatic rings. The smallest absolute Gasteiger partial charge is 0.273 e. The number of aryl methyl sites for hydroxylation is 3. The van der Waals surface area contributed by atoms with E-state index in [0.717, 1.165) is 17.0 Å². The molecule has 0 aliphatic heterocycles. The first-order chi connectivity index (χ1) is 12.6. The lowest BCUT2D eigenvalue weighted by molar-refractivity contribution is 0.102. The van der Waals surface area contributed by atoms with Gasteiger partial charge >= 0.3 is 0 Å². The lowest BCUT2D eigenvalue weighted by Crippen LogP contribution is -2.16. The zero-order valence-electron chi connectivity index (χ0n) is 15.4. The van der Waals surface area contributed by atoms with E-state index in [4.69, 9.17) is 5.14 Å². The van der Waals surface area contributed by atoms with Crippen LogP contribution in [-0.2, 0) is 17.1 Å². The van der Waals surface area contributed by atoms with Crippen molar-refractivity contribution in [1.82, 2.24) is 20.0 Å². The van der Waals surface area contributed by atoms with Crippen LogP contribution in [0, 0.1) is 20.8 Å². The van der Waals surface area contributed by atoms with E-state index in [1.165, 1.54) is 6.07 Å². The second-order valence-corrected chi connectivity index (χ2v) is 7.85. The number of benzene rings is 1. The second kappa shape index (κ2) is 6.63. The Morgan fingerprint density at radius 3 is 2.52 bits per heavy atom. The van der Waals surface area contributed by atoms with Gasteiger partial charge in [-0.3, -0.25) is 14.6 Å². The predicted octanol–water partition coefficient (Wildman–Crippen LogP) is 1.64. The summed E-state index contributed by atoms with van der Waals surface area (Å²) in [6.07, 6.45) is 0. The van der Waals surface area contributed by atoms with Crippen LogP contribution in [-0.4, -0.2) is 34.3 Å². The van der Waals surface area contributed by atoms with Gasteiger partial charge in [-0.05, 0) is 44.5 Å². The highest BCUT2D eigenvalue weighted by Crippen LogP contribution is 2.25. The molecule has 0 saturated carbocycles. The quantitative estimate of drug-likeness (QED) is 0.624. The summed E-state index contributed by atoms with van der Waals surface area (Å²) >= 11 is 0. The van der Waals surface area contributed by atoms with Crippen molar-refractivity contribution in [2.45, 2.75) is 25.7 Å². The van der Waals surface area contributed by atoms with Crippen LogP contribution in [0.2, 0.25) is 0 Å². The third-order valence-electron chi connectivity index (χ3n) is 4.34. The highest BCUT2D eigenvalue weighted by atomic mass is 32.2. The number of anilines is 1. The Morgan fingerprint density at radius 2 is 1.93 bits per heavy atom. The molecule has 0 radical (unpaired) electrons. The normalized spacial score (nSPS) is 11.6. The number of rotatable bonds is 4. The van der Waals surface area contributed by atoms with Gasteiger partial charge in [0.05, 0.1) is 16.3 Å². The number of carbonyl (C=O) groups excluding carboxylic acids is 1. The van der Waals surface area contributed by atoms with Gasteiger partial charge in [-0.25, -0.2) is 13.6 Å². The molecule has 1 aromatic carbocycles. The Kier molecular flexibility index (Phi) is 4.62. The Bertz CT molecular complexity index is 1140. The van der Waals surface area contributed by atoms with Crippen LogP contribution in [0.4, 0.5) is 5.69 Å². The summed E-state index contributed by atoms with van der Waals surface area (Å²) in [6.45, 7) is 5.42. The molecule has 0 fully saturated rings. The van der Waals surface area contributed by atoms with Gasteiger partial charge in [0, 0.05) is 24.0 Å². The van der Waals surface area contributed by atoms with E-state index in [9.17, 15) is 13.2 Å². The van der Waals surface area contributed by atoms with Crippen LogP contribution in [0.3, 0.4) is 0 Å². The molecule has 9 nitrogen and oxygen atoms in total. The maximum absolute atomic E-state index is 12.5. The van der Waals surface area contributed by atoms with Crippen LogP contribution in [0.1, 0.15) is 27.4 Å². The molecule has 142 valence electrons. The van der Waals surface area contributed by atoms with Crippen LogP contribution < -0.4 is 10.5 Å². The molecule has 0 saturated heterocycles. The number of hydrogen-bond donors (Lipinski definition) is 3. The van der Waals surface area contributed by atoms with Crippen LogP contribution in [0.5, 0.6) is 0 Å².